The van der Waals surface area contributed by atoms with Crippen molar-refractivity contribution in [2.45, 2.75) is 19.6 Å². The molecular weight excluding hydrogens is 630 g/mol. The van der Waals surface area contributed by atoms with E-state index < -0.39 is 30.0 Å². The average molecular weight is 655 g/mol. The van der Waals surface area contributed by atoms with Gasteiger partial charge in [0.25, 0.3) is 5.91 Å². The molecule has 4 heterocycles. The molecule has 0 spiro atoms. The van der Waals surface area contributed by atoms with Gasteiger partial charge in [0.2, 0.25) is 17.5 Å². The fraction of sp³-hybridized carbons (Fsp3) is 0.310. The van der Waals surface area contributed by atoms with E-state index in [1.165, 1.54) is 46.0 Å². The number of halogens is 3. The zero-order chi connectivity index (χ0) is 32.5. The van der Waals surface area contributed by atoms with Gasteiger partial charge in [-0.3, -0.25) is 33.6 Å². The summed E-state index contributed by atoms with van der Waals surface area (Å²) in [6, 6.07) is 5.61. The van der Waals surface area contributed by atoms with Crippen LogP contribution in [0.25, 0.3) is 16.9 Å². The molecule has 6 rings (SSSR count). The molecule has 0 radical (unpaired) electrons. The molecule has 17 heteroatoms. The number of amides is 2. The molecular formula is C29H25ClF2N8O6. The number of hydrogen-bond donors (Lipinski definition) is 1. The van der Waals surface area contributed by atoms with Crippen LogP contribution >= 0.6 is 11.6 Å². The molecule has 3 aromatic heterocycles. The molecule has 1 aliphatic carbocycles. The third kappa shape index (κ3) is 6.34. The number of anilines is 1. The van der Waals surface area contributed by atoms with Crippen LogP contribution < -0.4 is 10.1 Å². The van der Waals surface area contributed by atoms with E-state index in [4.69, 9.17) is 11.6 Å². The first-order valence-corrected chi connectivity index (χ1v) is 14.5. The van der Waals surface area contributed by atoms with Crippen molar-refractivity contribution < 1.29 is 37.5 Å². The number of Topliss-reactive ketones (excluding diaryl/α,β-unsaturated/α-hetero) is 3. The molecule has 2 aliphatic rings. The van der Waals surface area contributed by atoms with E-state index in [9.17, 15) is 32.8 Å². The summed E-state index contributed by atoms with van der Waals surface area (Å²) < 4.78 is 33.9. The molecule has 46 heavy (non-hydrogen) atoms. The highest BCUT2D eigenvalue weighted by Gasteiger charge is 2.41. The minimum atomic E-state index is -3.16. The number of hydrogen-bond acceptors (Lipinski definition) is 10. The second kappa shape index (κ2) is 12.7. The van der Waals surface area contributed by atoms with Crippen LogP contribution in [0.5, 0.6) is 5.75 Å². The Balaban J connectivity index is 1.22. The van der Waals surface area contributed by atoms with E-state index in [0.29, 0.717) is 26.2 Å². The van der Waals surface area contributed by atoms with Gasteiger partial charge < -0.3 is 15.0 Å². The van der Waals surface area contributed by atoms with Crippen LogP contribution in [0.3, 0.4) is 0 Å². The van der Waals surface area contributed by atoms with Gasteiger partial charge in [-0.15, -0.1) is 0 Å². The molecule has 2 amide bonds. The van der Waals surface area contributed by atoms with E-state index in [0.717, 1.165) is 0 Å². The standard InChI is InChI=1S/C29H25ClF2N8O6/c30-16-2-3-23(46-29(31)32)17(10-16)25-20(35-28(45)18-12-34-40-5-1-4-33-27(18)40)14-39(36-25)15-24(43)38-8-6-37(7-9-38)13-19-21(41)11-22(42)26(19)44/h1-5,10,12,14,19,29H,6-9,11,13,15H2,(H,35,45). The number of rotatable bonds is 9. The van der Waals surface area contributed by atoms with Gasteiger partial charge in [-0.1, -0.05) is 11.6 Å². The lowest BCUT2D eigenvalue weighted by Gasteiger charge is -2.35. The minimum Gasteiger partial charge on any atom is -0.434 e. The van der Waals surface area contributed by atoms with Crippen LogP contribution in [0.15, 0.2) is 49.1 Å². The van der Waals surface area contributed by atoms with Crippen molar-refractivity contribution in [1.29, 1.82) is 0 Å². The van der Waals surface area contributed by atoms with E-state index in [1.54, 1.807) is 17.2 Å². The van der Waals surface area contributed by atoms with Crippen molar-refractivity contribution >= 4 is 52.1 Å². The summed E-state index contributed by atoms with van der Waals surface area (Å²) in [5.74, 6) is -3.87. The minimum absolute atomic E-state index is 0.0222. The third-order valence-electron chi connectivity index (χ3n) is 7.72. The zero-order valence-corrected chi connectivity index (χ0v) is 24.7. The highest BCUT2D eigenvalue weighted by molar-refractivity contribution is 6.49. The first-order valence-electron chi connectivity index (χ1n) is 14.1. The lowest BCUT2D eigenvalue weighted by atomic mass is 10.1. The number of carbonyl (C=O) groups is 5. The van der Waals surface area contributed by atoms with Crippen LogP contribution in [-0.4, -0.2) is 103 Å². The summed E-state index contributed by atoms with van der Waals surface area (Å²) in [5.41, 5.74) is 0.568. The number of carbonyl (C=O) groups excluding carboxylic acids is 5. The Labute approximate surface area is 263 Å². The number of piperazine rings is 1. The second-order valence-electron chi connectivity index (χ2n) is 10.7. The van der Waals surface area contributed by atoms with Crippen LogP contribution in [0.1, 0.15) is 16.8 Å². The van der Waals surface area contributed by atoms with Gasteiger partial charge in [0.05, 0.1) is 24.2 Å². The highest BCUT2D eigenvalue weighted by atomic mass is 35.5. The molecule has 1 aromatic carbocycles. The Morgan fingerprint density at radius 3 is 2.63 bits per heavy atom. The molecule has 238 valence electrons. The van der Waals surface area contributed by atoms with E-state index >= 15 is 0 Å². The van der Waals surface area contributed by atoms with Crippen molar-refractivity contribution in [1.82, 2.24) is 34.2 Å². The second-order valence-corrected chi connectivity index (χ2v) is 11.1. The summed E-state index contributed by atoms with van der Waals surface area (Å²) in [7, 11) is 0. The molecule has 1 unspecified atom stereocenters. The van der Waals surface area contributed by atoms with Crippen LogP contribution in [0, 0.1) is 5.92 Å². The molecule has 4 aromatic rings. The predicted molar refractivity (Wildman–Crippen MR) is 156 cm³/mol. The Hall–Kier alpha value is -5.09. The average Bonchev–Trinajstić information content (AvgIpc) is 3.70. The highest BCUT2D eigenvalue weighted by Crippen LogP contribution is 2.37. The van der Waals surface area contributed by atoms with Crippen molar-refractivity contribution in [2.24, 2.45) is 5.92 Å². The summed E-state index contributed by atoms with van der Waals surface area (Å²) in [5, 5.41) is 11.5. The van der Waals surface area contributed by atoms with Crippen molar-refractivity contribution in [3.8, 4) is 17.0 Å². The third-order valence-corrected chi connectivity index (χ3v) is 7.96. The number of nitrogens with zero attached hydrogens (tertiary/aromatic N) is 7. The fourth-order valence-electron chi connectivity index (χ4n) is 5.43. The summed E-state index contributed by atoms with van der Waals surface area (Å²) in [6.45, 7) is -1.94. The molecule has 1 N–H and O–H groups in total. The van der Waals surface area contributed by atoms with Crippen molar-refractivity contribution in [3.63, 3.8) is 0 Å². The normalized spacial score (nSPS) is 17.3. The summed E-state index contributed by atoms with van der Waals surface area (Å²) in [4.78, 5) is 69.9. The maximum atomic E-state index is 13.3. The topological polar surface area (TPSA) is 161 Å². The van der Waals surface area contributed by atoms with Gasteiger partial charge in [0.1, 0.15) is 23.6 Å². The van der Waals surface area contributed by atoms with Crippen LogP contribution in [0.4, 0.5) is 14.5 Å². The van der Waals surface area contributed by atoms with E-state index in [1.807, 2.05) is 4.90 Å². The quantitative estimate of drug-likeness (QED) is 0.209. The Morgan fingerprint density at radius 1 is 1.13 bits per heavy atom. The lowest BCUT2D eigenvalue weighted by molar-refractivity contribution is -0.137. The van der Waals surface area contributed by atoms with E-state index in [2.05, 4.69) is 25.2 Å². The number of alkyl halides is 2. The van der Waals surface area contributed by atoms with Gasteiger partial charge >= 0.3 is 6.61 Å². The Bertz CT molecular complexity index is 1870. The number of aromatic nitrogens is 5. The van der Waals surface area contributed by atoms with Crippen molar-refractivity contribution in [3.05, 3.63) is 59.6 Å². The van der Waals surface area contributed by atoms with Gasteiger partial charge in [0, 0.05) is 61.9 Å². The first-order chi connectivity index (χ1) is 22.1. The number of ketones is 3. The number of fused-ring (bicyclic) bond motifs is 1. The van der Waals surface area contributed by atoms with E-state index in [-0.39, 0.29) is 70.1 Å². The largest absolute Gasteiger partial charge is 0.434 e. The molecule has 2 fully saturated rings. The first kappa shape index (κ1) is 30.9. The van der Waals surface area contributed by atoms with Gasteiger partial charge in [0.15, 0.2) is 11.4 Å². The number of benzene rings is 1. The number of ether oxygens (including phenoxy) is 1. The lowest BCUT2D eigenvalue weighted by Crippen LogP contribution is -2.51. The molecule has 1 saturated heterocycles. The summed E-state index contributed by atoms with van der Waals surface area (Å²) >= 11 is 6.19. The van der Waals surface area contributed by atoms with Gasteiger partial charge in [-0.25, -0.2) is 9.50 Å². The molecule has 1 atom stereocenters. The molecule has 0 bridgehead atoms. The molecule has 14 nitrogen and oxygen atoms in total. The van der Waals surface area contributed by atoms with Crippen LogP contribution in [-0.2, 0) is 25.7 Å². The van der Waals surface area contributed by atoms with Crippen LogP contribution in [0.2, 0.25) is 5.02 Å². The van der Waals surface area contributed by atoms with Gasteiger partial charge in [-0.2, -0.15) is 19.0 Å². The Morgan fingerprint density at radius 2 is 1.91 bits per heavy atom. The smallest absolute Gasteiger partial charge is 0.387 e. The monoisotopic (exact) mass is 654 g/mol. The maximum absolute atomic E-state index is 13.3. The Kier molecular flexibility index (Phi) is 8.55. The van der Waals surface area contributed by atoms with Gasteiger partial charge in [-0.05, 0) is 24.3 Å². The maximum Gasteiger partial charge on any atom is 0.387 e. The zero-order valence-electron chi connectivity index (χ0n) is 23.9. The van der Waals surface area contributed by atoms with Crippen molar-refractivity contribution in [2.75, 3.05) is 38.0 Å². The number of nitrogens with one attached hydrogen (secondary N) is 1. The predicted octanol–water partition coefficient (Wildman–Crippen LogP) is 1.97. The fourth-order valence-corrected chi connectivity index (χ4v) is 5.60. The SMILES string of the molecule is O=C1CC(=O)C(CN2CCN(C(=O)Cn3cc(NC(=O)c4cnn5cccnc45)c(-c4cc(Cl)ccc4OC(F)F)n3)CC2)C1=O. The molecule has 1 saturated carbocycles. The molecule has 1 aliphatic heterocycles. The summed E-state index contributed by atoms with van der Waals surface area (Å²) in [6.07, 6.45) is 5.46.